The smallest absolute Gasteiger partial charge is 0.308 e. The monoisotopic (exact) mass is 302 g/mol. The van der Waals surface area contributed by atoms with Crippen LogP contribution in [0.2, 0.25) is 18.1 Å². The maximum absolute atomic E-state index is 11.7. The molecule has 3 nitrogen and oxygen atoms in total. The molecule has 0 bridgehead atoms. The third kappa shape index (κ3) is 7.43. The Hall–Kier alpha value is -0.353. The predicted molar refractivity (Wildman–Crippen MR) is 87.5 cm³/mol. The highest BCUT2D eigenvalue weighted by Crippen LogP contribution is 2.38. The summed E-state index contributed by atoms with van der Waals surface area (Å²) >= 11 is 0. The summed E-state index contributed by atoms with van der Waals surface area (Å²) in [6.45, 7) is 15.6. The van der Waals surface area contributed by atoms with Crippen LogP contribution in [-0.4, -0.2) is 27.0 Å². The zero-order valence-corrected chi connectivity index (χ0v) is 15.5. The van der Waals surface area contributed by atoms with Gasteiger partial charge in [-0.15, -0.1) is 0 Å². The van der Waals surface area contributed by atoms with Gasteiger partial charge in [0.15, 0.2) is 8.32 Å². The number of hydrogen-bond donors (Lipinski definition) is 0. The molecule has 0 aromatic heterocycles. The topological polar surface area (TPSA) is 35.5 Å². The third-order valence-electron chi connectivity index (χ3n) is 4.10. The molecule has 0 saturated heterocycles. The molecule has 0 spiro atoms. The van der Waals surface area contributed by atoms with Crippen LogP contribution < -0.4 is 0 Å². The minimum absolute atomic E-state index is 0.0153. The summed E-state index contributed by atoms with van der Waals surface area (Å²) in [5, 5.41) is 0.171. The Balaban J connectivity index is 4.63. The molecule has 0 aliphatic carbocycles. The Bertz CT molecular complexity index is 282. The summed E-state index contributed by atoms with van der Waals surface area (Å²) in [5.74, 6) is -0.132. The average molecular weight is 303 g/mol. The molecule has 0 aromatic carbocycles. The Labute approximate surface area is 126 Å². The van der Waals surface area contributed by atoms with Gasteiger partial charge in [0.1, 0.15) is 0 Å². The van der Waals surface area contributed by atoms with Crippen molar-refractivity contribution < 1.29 is 14.0 Å². The Kier molecular flexibility index (Phi) is 8.67. The maximum atomic E-state index is 11.7. The normalized spacial score (nSPS) is 14.2. The fourth-order valence-corrected chi connectivity index (χ4v) is 3.21. The van der Waals surface area contributed by atoms with E-state index < -0.39 is 8.32 Å². The van der Waals surface area contributed by atoms with Crippen molar-refractivity contribution in [2.24, 2.45) is 0 Å². The van der Waals surface area contributed by atoms with Gasteiger partial charge >= 0.3 is 5.97 Å². The van der Waals surface area contributed by atoms with Crippen molar-refractivity contribution in [2.45, 2.75) is 91.0 Å². The maximum Gasteiger partial charge on any atom is 0.308 e. The highest BCUT2D eigenvalue weighted by molar-refractivity contribution is 6.74. The van der Waals surface area contributed by atoms with E-state index in [1.54, 1.807) is 0 Å². The van der Waals surface area contributed by atoms with E-state index in [2.05, 4.69) is 40.8 Å². The lowest BCUT2D eigenvalue weighted by atomic mass is 10.1. The predicted octanol–water partition coefficient (Wildman–Crippen LogP) is 4.91. The first-order valence-electron chi connectivity index (χ1n) is 7.97. The molecule has 0 amide bonds. The quantitative estimate of drug-likeness (QED) is 0.345. The van der Waals surface area contributed by atoms with Gasteiger partial charge in [-0.3, -0.25) is 4.79 Å². The molecule has 0 N–H and O–H groups in total. The van der Waals surface area contributed by atoms with Crippen molar-refractivity contribution in [3.8, 4) is 0 Å². The zero-order chi connectivity index (χ0) is 15.8. The van der Waals surface area contributed by atoms with Gasteiger partial charge in [0.2, 0.25) is 0 Å². The zero-order valence-electron chi connectivity index (χ0n) is 14.5. The van der Waals surface area contributed by atoms with Crippen LogP contribution in [0.4, 0.5) is 0 Å². The second kappa shape index (κ2) is 8.83. The number of unbranched alkanes of at least 4 members (excludes halogenated alkanes) is 2. The highest BCUT2D eigenvalue weighted by Gasteiger charge is 2.39. The number of esters is 1. The molecule has 0 aliphatic heterocycles. The van der Waals surface area contributed by atoms with Gasteiger partial charge in [0.25, 0.3) is 0 Å². The largest absolute Gasteiger partial charge is 0.466 e. The molecule has 0 heterocycles. The van der Waals surface area contributed by atoms with Gasteiger partial charge in [-0.1, -0.05) is 47.0 Å². The lowest BCUT2D eigenvalue weighted by Crippen LogP contribution is -2.44. The first-order chi connectivity index (χ1) is 9.14. The van der Waals surface area contributed by atoms with Crippen molar-refractivity contribution in [1.82, 2.24) is 0 Å². The average Bonchev–Trinajstić information content (AvgIpc) is 2.27. The van der Waals surface area contributed by atoms with E-state index in [4.69, 9.17) is 9.16 Å². The SMILES string of the molecule is CCCCC[C@H](CC(=O)OCC)O[Si](C)(C)C(C)(C)C. The first-order valence-corrected chi connectivity index (χ1v) is 10.9. The molecular formula is C16H34O3Si. The third-order valence-corrected chi connectivity index (χ3v) is 8.63. The minimum Gasteiger partial charge on any atom is -0.466 e. The molecule has 4 heteroatoms. The molecular weight excluding hydrogens is 268 g/mol. The first kappa shape index (κ1) is 19.6. The summed E-state index contributed by atoms with van der Waals surface area (Å²) in [7, 11) is -1.83. The number of ether oxygens (including phenoxy) is 1. The molecule has 0 aliphatic rings. The van der Waals surface area contributed by atoms with Crippen LogP contribution in [0.1, 0.15) is 66.7 Å². The Morgan fingerprint density at radius 1 is 1.15 bits per heavy atom. The molecule has 0 rings (SSSR count). The van der Waals surface area contributed by atoms with Crippen LogP contribution in [0, 0.1) is 0 Å². The van der Waals surface area contributed by atoms with E-state index in [0.717, 1.165) is 12.8 Å². The molecule has 0 unspecified atom stereocenters. The Morgan fingerprint density at radius 3 is 2.20 bits per heavy atom. The van der Waals surface area contributed by atoms with E-state index in [1.165, 1.54) is 12.8 Å². The molecule has 0 saturated carbocycles. The summed E-state index contributed by atoms with van der Waals surface area (Å²) in [6, 6.07) is 0. The Morgan fingerprint density at radius 2 is 1.75 bits per heavy atom. The minimum atomic E-state index is -1.83. The van der Waals surface area contributed by atoms with Crippen molar-refractivity contribution in [2.75, 3.05) is 6.61 Å². The van der Waals surface area contributed by atoms with Gasteiger partial charge in [0.05, 0.1) is 19.1 Å². The molecule has 0 radical (unpaired) electrons. The highest BCUT2D eigenvalue weighted by atomic mass is 28.4. The van der Waals surface area contributed by atoms with E-state index >= 15 is 0 Å². The lowest BCUT2D eigenvalue weighted by Gasteiger charge is -2.39. The van der Waals surface area contributed by atoms with E-state index in [-0.39, 0.29) is 17.1 Å². The number of carbonyl (C=O) groups is 1. The second-order valence-corrected chi connectivity index (χ2v) is 11.8. The molecule has 1 atom stereocenters. The standard InChI is InChI=1S/C16H34O3Si/c1-8-10-11-12-14(13-15(17)18-9-2)19-20(6,7)16(3,4)5/h14H,8-13H2,1-7H3/t14-/m1/s1. The fourth-order valence-electron chi connectivity index (χ4n) is 1.82. The van der Waals surface area contributed by atoms with Crippen LogP contribution in [0.25, 0.3) is 0 Å². The second-order valence-electron chi connectivity index (χ2n) is 7.01. The fraction of sp³-hybridized carbons (Fsp3) is 0.938. The van der Waals surface area contributed by atoms with Gasteiger partial charge in [-0.2, -0.15) is 0 Å². The van der Waals surface area contributed by atoms with Gasteiger partial charge < -0.3 is 9.16 Å². The summed E-state index contributed by atoms with van der Waals surface area (Å²) in [5.41, 5.74) is 0. The number of hydrogen-bond acceptors (Lipinski definition) is 3. The number of rotatable bonds is 9. The molecule has 0 aromatic rings. The molecule has 0 fully saturated rings. The van der Waals surface area contributed by atoms with Gasteiger partial charge in [0, 0.05) is 0 Å². The molecule has 20 heavy (non-hydrogen) atoms. The molecule has 120 valence electrons. The van der Waals surface area contributed by atoms with Crippen LogP contribution in [0.5, 0.6) is 0 Å². The van der Waals surface area contributed by atoms with E-state index in [0.29, 0.717) is 13.0 Å². The summed E-state index contributed by atoms with van der Waals surface area (Å²) in [6.07, 6.45) is 4.87. The van der Waals surface area contributed by atoms with Crippen molar-refractivity contribution in [3.63, 3.8) is 0 Å². The van der Waals surface area contributed by atoms with Crippen LogP contribution >= 0.6 is 0 Å². The van der Waals surface area contributed by atoms with Crippen LogP contribution in [0.15, 0.2) is 0 Å². The number of carbonyl (C=O) groups excluding carboxylic acids is 1. The van der Waals surface area contributed by atoms with E-state index in [9.17, 15) is 4.79 Å². The lowest BCUT2D eigenvalue weighted by molar-refractivity contribution is -0.145. The summed E-state index contributed by atoms with van der Waals surface area (Å²) < 4.78 is 11.5. The van der Waals surface area contributed by atoms with Crippen molar-refractivity contribution in [1.29, 1.82) is 0 Å². The van der Waals surface area contributed by atoms with Crippen LogP contribution in [-0.2, 0) is 14.0 Å². The summed E-state index contributed by atoms with van der Waals surface area (Å²) in [4.78, 5) is 11.7. The van der Waals surface area contributed by atoms with Crippen molar-refractivity contribution in [3.05, 3.63) is 0 Å². The van der Waals surface area contributed by atoms with Crippen LogP contribution in [0.3, 0.4) is 0 Å². The van der Waals surface area contributed by atoms with Crippen molar-refractivity contribution >= 4 is 14.3 Å². The van der Waals surface area contributed by atoms with Gasteiger partial charge in [-0.25, -0.2) is 0 Å². The van der Waals surface area contributed by atoms with Gasteiger partial charge in [-0.05, 0) is 31.5 Å². The van der Waals surface area contributed by atoms with E-state index in [1.807, 2.05) is 6.92 Å².